The number of ether oxygens (including phenoxy) is 1. The van der Waals surface area contributed by atoms with Crippen LogP contribution in [-0.4, -0.2) is 30.2 Å². The number of nitrogens with zero attached hydrogens (tertiary/aromatic N) is 2. The van der Waals surface area contributed by atoms with Gasteiger partial charge in [-0.2, -0.15) is 0 Å². The molecule has 1 aliphatic carbocycles. The van der Waals surface area contributed by atoms with Gasteiger partial charge in [-0.05, 0) is 19.8 Å². The summed E-state index contributed by atoms with van der Waals surface area (Å²) < 4.78 is 5.38. The predicted molar refractivity (Wildman–Crippen MR) is 73.0 cm³/mol. The van der Waals surface area contributed by atoms with Crippen LogP contribution in [0, 0.1) is 0 Å². The summed E-state index contributed by atoms with van der Waals surface area (Å²) in [5.74, 6) is 2.46. The summed E-state index contributed by atoms with van der Waals surface area (Å²) in [6, 6.07) is 2.10. The van der Waals surface area contributed by atoms with Crippen LogP contribution in [0.25, 0.3) is 0 Å². The first kappa shape index (κ1) is 13.3. The topological polar surface area (TPSA) is 47.0 Å². The maximum absolute atomic E-state index is 5.38. The van der Waals surface area contributed by atoms with Crippen molar-refractivity contribution in [1.29, 1.82) is 0 Å². The van der Waals surface area contributed by atoms with E-state index in [1.165, 1.54) is 31.4 Å². The van der Waals surface area contributed by atoms with Crippen LogP contribution in [0.15, 0.2) is 6.07 Å². The molecular formula is C14H23N3O. The molecule has 0 spiro atoms. The molecule has 1 fully saturated rings. The van der Waals surface area contributed by atoms with Gasteiger partial charge in [0.2, 0.25) is 0 Å². The van der Waals surface area contributed by atoms with Gasteiger partial charge in [-0.3, -0.25) is 0 Å². The standard InChI is InChI=1S/C14H23N3O/c1-3-18-9-8-13-16-12(10-14(15-2)17-13)11-6-4-5-7-11/h10-11H,3-9H2,1-2H3,(H,15,16,17). The Kier molecular flexibility index (Phi) is 4.93. The third-order valence-electron chi connectivity index (χ3n) is 3.50. The van der Waals surface area contributed by atoms with Crippen molar-refractivity contribution in [3.63, 3.8) is 0 Å². The molecule has 4 nitrogen and oxygen atoms in total. The molecule has 0 bridgehead atoms. The van der Waals surface area contributed by atoms with E-state index in [1.807, 2.05) is 14.0 Å². The monoisotopic (exact) mass is 249 g/mol. The third-order valence-corrected chi connectivity index (χ3v) is 3.50. The van der Waals surface area contributed by atoms with Crippen LogP contribution >= 0.6 is 0 Å². The van der Waals surface area contributed by atoms with Gasteiger partial charge in [0, 0.05) is 37.8 Å². The zero-order valence-corrected chi connectivity index (χ0v) is 11.4. The molecule has 0 radical (unpaired) electrons. The summed E-state index contributed by atoms with van der Waals surface area (Å²) in [6.45, 7) is 3.46. The Bertz CT molecular complexity index is 375. The maximum atomic E-state index is 5.38. The molecule has 0 aliphatic heterocycles. The largest absolute Gasteiger partial charge is 0.381 e. The number of hydrogen-bond donors (Lipinski definition) is 1. The molecule has 1 aromatic heterocycles. The fraction of sp³-hybridized carbons (Fsp3) is 0.714. The van der Waals surface area contributed by atoms with E-state index in [9.17, 15) is 0 Å². The molecule has 100 valence electrons. The van der Waals surface area contributed by atoms with E-state index in [0.29, 0.717) is 12.5 Å². The summed E-state index contributed by atoms with van der Waals surface area (Å²) >= 11 is 0. The molecule has 1 N–H and O–H groups in total. The van der Waals surface area contributed by atoms with Crippen LogP contribution in [0.1, 0.15) is 50.0 Å². The van der Waals surface area contributed by atoms with Crippen molar-refractivity contribution in [1.82, 2.24) is 9.97 Å². The summed E-state index contributed by atoms with van der Waals surface area (Å²) in [5.41, 5.74) is 1.21. The maximum Gasteiger partial charge on any atom is 0.133 e. The van der Waals surface area contributed by atoms with Crippen molar-refractivity contribution in [2.75, 3.05) is 25.6 Å². The van der Waals surface area contributed by atoms with Gasteiger partial charge >= 0.3 is 0 Å². The number of nitrogens with one attached hydrogen (secondary N) is 1. The predicted octanol–water partition coefficient (Wildman–Crippen LogP) is 2.75. The molecule has 0 atom stereocenters. The Morgan fingerprint density at radius 3 is 2.78 bits per heavy atom. The molecule has 0 saturated heterocycles. The van der Waals surface area contributed by atoms with Gasteiger partial charge in [-0.15, -0.1) is 0 Å². The molecule has 1 saturated carbocycles. The molecule has 0 amide bonds. The van der Waals surface area contributed by atoms with Crippen molar-refractivity contribution in [2.45, 2.75) is 44.9 Å². The lowest BCUT2D eigenvalue weighted by Crippen LogP contribution is -2.08. The molecular weight excluding hydrogens is 226 g/mol. The van der Waals surface area contributed by atoms with Crippen LogP contribution in [-0.2, 0) is 11.2 Å². The van der Waals surface area contributed by atoms with Crippen molar-refractivity contribution in [2.24, 2.45) is 0 Å². The molecule has 1 aliphatic rings. The SMILES string of the molecule is CCOCCc1nc(NC)cc(C2CCCC2)n1. The van der Waals surface area contributed by atoms with Gasteiger partial charge in [0.15, 0.2) is 0 Å². The van der Waals surface area contributed by atoms with E-state index in [4.69, 9.17) is 9.72 Å². The fourth-order valence-corrected chi connectivity index (χ4v) is 2.50. The zero-order chi connectivity index (χ0) is 12.8. The zero-order valence-electron chi connectivity index (χ0n) is 11.4. The van der Waals surface area contributed by atoms with Crippen LogP contribution in [0.2, 0.25) is 0 Å². The van der Waals surface area contributed by atoms with Crippen molar-refractivity contribution < 1.29 is 4.74 Å². The highest BCUT2D eigenvalue weighted by Crippen LogP contribution is 2.33. The Balaban J connectivity index is 2.10. The lowest BCUT2D eigenvalue weighted by molar-refractivity contribution is 0.149. The van der Waals surface area contributed by atoms with Crippen molar-refractivity contribution in [3.05, 3.63) is 17.6 Å². The van der Waals surface area contributed by atoms with E-state index >= 15 is 0 Å². The normalized spacial score (nSPS) is 16.1. The highest BCUT2D eigenvalue weighted by molar-refractivity contribution is 5.36. The number of rotatable bonds is 6. The molecule has 18 heavy (non-hydrogen) atoms. The minimum Gasteiger partial charge on any atom is -0.381 e. The Labute approximate surface area is 109 Å². The van der Waals surface area contributed by atoms with Gasteiger partial charge in [0.25, 0.3) is 0 Å². The second-order valence-electron chi connectivity index (χ2n) is 4.77. The number of anilines is 1. The first-order valence-corrected chi connectivity index (χ1v) is 6.96. The van der Waals surface area contributed by atoms with Crippen LogP contribution in [0.5, 0.6) is 0 Å². The fourth-order valence-electron chi connectivity index (χ4n) is 2.50. The minimum absolute atomic E-state index is 0.631. The van der Waals surface area contributed by atoms with E-state index in [-0.39, 0.29) is 0 Å². The third kappa shape index (κ3) is 3.42. The van der Waals surface area contributed by atoms with Gasteiger partial charge < -0.3 is 10.1 Å². The molecule has 2 rings (SSSR count). The second kappa shape index (κ2) is 6.69. The first-order valence-electron chi connectivity index (χ1n) is 6.96. The highest BCUT2D eigenvalue weighted by atomic mass is 16.5. The molecule has 0 unspecified atom stereocenters. The van der Waals surface area contributed by atoms with Gasteiger partial charge in [-0.25, -0.2) is 9.97 Å². The van der Waals surface area contributed by atoms with E-state index < -0.39 is 0 Å². The Morgan fingerprint density at radius 2 is 2.11 bits per heavy atom. The van der Waals surface area contributed by atoms with Crippen LogP contribution in [0.3, 0.4) is 0 Å². The average molecular weight is 249 g/mol. The van der Waals surface area contributed by atoms with E-state index in [2.05, 4.69) is 16.4 Å². The van der Waals surface area contributed by atoms with Crippen molar-refractivity contribution in [3.8, 4) is 0 Å². The van der Waals surface area contributed by atoms with Crippen LogP contribution in [0.4, 0.5) is 5.82 Å². The molecule has 1 aromatic rings. The smallest absolute Gasteiger partial charge is 0.133 e. The summed E-state index contributed by atoms with van der Waals surface area (Å²) in [7, 11) is 1.91. The highest BCUT2D eigenvalue weighted by Gasteiger charge is 2.19. The molecule has 1 heterocycles. The Morgan fingerprint density at radius 1 is 1.33 bits per heavy atom. The second-order valence-corrected chi connectivity index (χ2v) is 4.77. The summed E-state index contributed by atoms with van der Waals surface area (Å²) in [5, 5.41) is 3.13. The number of hydrogen-bond acceptors (Lipinski definition) is 4. The molecule has 0 aromatic carbocycles. The summed E-state index contributed by atoms with van der Waals surface area (Å²) in [6.07, 6.45) is 5.99. The lowest BCUT2D eigenvalue weighted by atomic mass is 10.0. The summed E-state index contributed by atoms with van der Waals surface area (Å²) in [4.78, 5) is 9.20. The van der Waals surface area contributed by atoms with E-state index in [0.717, 1.165) is 24.7 Å². The van der Waals surface area contributed by atoms with Gasteiger partial charge in [0.05, 0.1) is 6.61 Å². The average Bonchev–Trinajstić information content (AvgIpc) is 2.92. The first-order chi connectivity index (χ1) is 8.83. The van der Waals surface area contributed by atoms with Crippen molar-refractivity contribution >= 4 is 5.82 Å². The van der Waals surface area contributed by atoms with E-state index in [1.54, 1.807) is 0 Å². The Hall–Kier alpha value is -1.16. The quantitative estimate of drug-likeness (QED) is 0.787. The van der Waals surface area contributed by atoms with Gasteiger partial charge in [0.1, 0.15) is 11.6 Å². The molecule has 4 heteroatoms. The minimum atomic E-state index is 0.631. The van der Waals surface area contributed by atoms with Crippen LogP contribution < -0.4 is 5.32 Å². The van der Waals surface area contributed by atoms with Gasteiger partial charge in [-0.1, -0.05) is 12.8 Å². The lowest BCUT2D eigenvalue weighted by Gasteiger charge is -2.12. The number of aromatic nitrogens is 2.